The predicted molar refractivity (Wildman–Crippen MR) is 112 cm³/mol. The van der Waals surface area contributed by atoms with Crippen LogP contribution in [-0.4, -0.2) is 18.8 Å². The van der Waals surface area contributed by atoms with E-state index in [1.807, 2.05) is 0 Å². The van der Waals surface area contributed by atoms with Gasteiger partial charge in [-0.2, -0.15) is 0 Å². The van der Waals surface area contributed by atoms with Crippen molar-refractivity contribution in [3.63, 3.8) is 0 Å². The van der Waals surface area contributed by atoms with E-state index >= 15 is 0 Å². The Labute approximate surface area is 158 Å². The maximum Gasteiger partial charge on any atom is 0.0396 e. The summed E-state index contributed by atoms with van der Waals surface area (Å²) in [7, 11) is 0. The Hall–Kier alpha value is -2.03. The topological polar surface area (TPSA) is 50.4 Å². The number of nitrogens with one attached hydrogen (secondary N) is 1. The first kappa shape index (κ1) is 18.8. The quantitative estimate of drug-likeness (QED) is 0.503. The fourth-order valence-electron chi connectivity index (χ4n) is 4.11. The lowest BCUT2D eigenvalue weighted by Gasteiger charge is -2.20. The Morgan fingerprint density at radius 1 is 1.31 bits per heavy atom. The van der Waals surface area contributed by atoms with Gasteiger partial charge in [-0.3, -0.25) is 4.99 Å². The number of rotatable bonds is 7. The van der Waals surface area contributed by atoms with Crippen molar-refractivity contribution in [2.45, 2.75) is 58.3 Å². The first-order chi connectivity index (χ1) is 12.8. The third-order valence-corrected chi connectivity index (χ3v) is 5.53. The summed E-state index contributed by atoms with van der Waals surface area (Å²) in [5.41, 5.74) is 12.7. The van der Waals surface area contributed by atoms with Crippen LogP contribution in [0.4, 0.5) is 0 Å². The van der Waals surface area contributed by atoms with Crippen LogP contribution in [0.3, 0.4) is 0 Å². The van der Waals surface area contributed by atoms with E-state index in [1.54, 1.807) is 0 Å². The normalized spacial score (nSPS) is 24.2. The molecule has 0 aromatic rings. The number of nitrogens with two attached hydrogens (primary N) is 1. The van der Waals surface area contributed by atoms with Gasteiger partial charge in [0.2, 0.25) is 0 Å². The largest absolute Gasteiger partial charge is 0.399 e. The van der Waals surface area contributed by atoms with Crippen LogP contribution in [0, 0.1) is 5.92 Å². The molecule has 0 bridgehead atoms. The van der Waals surface area contributed by atoms with Gasteiger partial charge in [0.25, 0.3) is 0 Å². The van der Waals surface area contributed by atoms with Crippen LogP contribution in [0.1, 0.15) is 58.3 Å². The van der Waals surface area contributed by atoms with Gasteiger partial charge in [0.15, 0.2) is 0 Å². The molecule has 0 saturated heterocycles. The Bertz CT molecular complexity index is 674. The van der Waals surface area contributed by atoms with Crippen molar-refractivity contribution < 1.29 is 0 Å². The van der Waals surface area contributed by atoms with Crippen LogP contribution in [-0.2, 0) is 0 Å². The molecular formula is C23H33N3. The molecule has 0 aromatic heterocycles. The molecule has 1 atom stereocenters. The average molecular weight is 352 g/mol. The Balaban J connectivity index is 1.54. The summed E-state index contributed by atoms with van der Waals surface area (Å²) in [5.74, 6) is 0.532. The highest BCUT2D eigenvalue weighted by Gasteiger charge is 2.15. The molecule has 3 rings (SSSR count). The Kier molecular flexibility index (Phi) is 6.93. The van der Waals surface area contributed by atoms with E-state index in [9.17, 15) is 0 Å². The van der Waals surface area contributed by atoms with Gasteiger partial charge in [-0.25, -0.2) is 0 Å². The van der Waals surface area contributed by atoms with E-state index in [-0.39, 0.29) is 0 Å². The molecular weight excluding hydrogens is 318 g/mol. The van der Waals surface area contributed by atoms with E-state index < -0.39 is 0 Å². The highest BCUT2D eigenvalue weighted by atomic mass is 14.9. The summed E-state index contributed by atoms with van der Waals surface area (Å²) in [6.07, 6.45) is 22.8. The van der Waals surface area contributed by atoms with Gasteiger partial charge in [0.1, 0.15) is 0 Å². The van der Waals surface area contributed by atoms with Crippen LogP contribution < -0.4 is 11.1 Å². The lowest BCUT2D eigenvalue weighted by Crippen LogP contribution is -2.16. The molecule has 1 unspecified atom stereocenters. The minimum absolute atomic E-state index is 0.532. The van der Waals surface area contributed by atoms with Gasteiger partial charge < -0.3 is 11.1 Å². The lowest BCUT2D eigenvalue weighted by molar-refractivity contribution is 0.588. The molecule has 140 valence electrons. The fraction of sp³-hybridized carbons (Fsp3) is 0.522. The molecule has 3 nitrogen and oxygen atoms in total. The second kappa shape index (κ2) is 9.61. The van der Waals surface area contributed by atoms with Gasteiger partial charge in [0, 0.05) is 36.1 Å². The molecule has 0 saturated carbocycles. The first-order valence-corrected chi connectivity index (χ1v) is 10.3. The zero-order valence-corrected chi connectivity index (χ0v) is 16.1. The minimum atomic E-state index is 0.532. The summed E-state index contributed by atoms with van der Waals surface area (Å²) in [5, 5.41) is 3.52. The summed E-state index contributed by atoms with van der Waals surface area (Å²) in [6, 6.07) is 0. The zero-order chi connectivity index (χ0) is 18.2. The molecule has 1 aliphatic heterocycles. The molecule has 0 aromatic carbocycles. The summed E-state index contributed by atoms with van der Waals surface area (Å²) >= 11 is 0. The smallest absolute Gasteiger partial charge is 0.0396 e. The Morgan fingerprint density at radius 2 is 2.23 bits per heavy atom. The maximum atomic E-state index is 6.37. The van der Waals surface area contributed by atoms with E-state index in [0.717, 1.165) is 44.5 Å². The van der Waals surface area contributed by atoms with Gasteiger partial charge in [-0.15, -0.1) is 0 Å². The van der Waals surface area contributed by atoms with Gasteiger partial charge in [-0.1, -0.05) is 31.2 Å². The third-order valence-electron chi connectivity index (χ3n) is 5.53. The van der Waals surface area contributed by atoms with Crippen LogP contribution >= 0.6 is 0 Å². The molecule has 26 heavy (non-hydrogen) atoms. The van der Waals surface area contributed by atoms with Crippen molar-refractivity contribution >= 4 is 5.71 Å². The number of aliphatic imine (C=N–C) groups is 1. The highest BCUT2D eigenvalue weighted by Crippen LogP contribution is 2.28. The van der Waals surface area contributed by atoms with Gasteiger partial charge >= 0.3 is 0 Å². The van der Waals surface area contributed by atoms with Crippen molar-refractivity contribution in [2.24, 2.45) is 16.6 Å². The number of hydrogen-bond donors (Lipinski definition) is 2. The maximum absolute atomic E-state index is 6.37. The molecule has 3 heteroatoms. The number of allylic oxidation sites excluding steroid dienone is 7. The number of hydrogen-bond acceptors (Lipinski definition) is 3. The molecule has 0 spiro atoms. The Morgan fingerprint density at radius 3 is 2.96 bits per heavy atom. The molecule has 1 heterocycles. The first-order valence-electron chi connectivity index (χ1n) is 10.3. The summed E-state index contributed by atoms with van der Waals surface area (Å²) < 4.78 is 0. The van der Waals surface area contributed by atoms with Crippen molar-refractivity contribution in [3.05, 3.63) is 59.0 Å². The van der Waals surface area contributed by atoms with E-state index in [0.29, 0.717) is 5.92 Å². The van der Waals surface area contributed by atoms with Crippen molar-refractivity contribution in [1.82, 2.24) is 5.32 Å². The standard InChI is InChI=1S/C23H33N3/c1-2-21(18-9-4-3-5-10-18)22(24)13-7-15-25-20-12-6-11-19(17-20)23-14-8-16-26-23/h4,7,9,12-13,17-18,25H,2-3,5-6,8,10-11,14-16,24H2,1H3/b13-7-,22-21-. The van der Waals surface area contributed by atoms with Crippen LogP contribution in [0.25, 0.3) is 0 Å². The molecule has 0 radical (unpaired) electrons. The fourth-order valence-corrected chi connectivity index (χ4v) is 4.11. The van der Waals surface area contributed by atoms with Crippen LogP contribution in [0.2, 0.25) is 0 Å². The summed E-state index contributed by atoms with van der Waals surface area (Å²) in [4.78, 5) is 4.64. The molecule has 3 aliphatic rings. The van der Waals surface area contributed by atoms with E-state index in [2.05, 4.69) is 53.7 Å². The van der Waals surface area contributed by atoms with Gasteiger partial charge in [-0.05, 0) is 74.7 Å². The van der Waals surface area contributed by atoms with Crippen molar-refractivity contribution in [2.75, 3.05) is 13.1 Å². The SMILES string of the molecule is CC/C(=C(N)\C=C/CNC1=CCCC(C2=NCCC2)=C1)C1C=CCCC1. The second-order valence-electron chi connectivity index (χ2n) is 7.38. The highest BCUT2D eigenvalue weighted by molar-refractivity contribution is 6.01. The lowest BCUT2D eigenvalue weighted by atomic mass is 9.86. The monoisotopic (exact) mass is 351 g/mol. The van der Waals surface area contributed by atoms with E-state index in [4.69, 9.17) is 5.73 Å². The molecule has 3 N–H and O–H groups in total. The summed E-state index contributed by atoms with van der Waals surface area (Å²) in [6.45, 7) is 4.02. The minimum Gasteiger partial charge on any atom is -0.399 e. The van der Waals surface area contributed by atoms with E-state index in [1.165, 1.54) is 48.2 Å². The molecule has 0 fully saturated rings. The van der Waals surface area contributed by atoms with Gasteiger partial charge in [0.05, 0.1) is 0 Å². The predicted octanol–water partition coefficient (Wildman–Crippen LogP) is 4.95. The third kappa shape index (κ3) is 5.00. The van der Waals surface area contributed by atoms with Crippen molar-refractivity contribution in [1.29, 1.82) is 0 Å². The zero-order valence-electron chi connectivity index (χ0n) is 16.1. The molecule has 2 aliphatic carbocycles. The van der Waals surface area contributed by atoms with Crippen LogP contribution in [0.15, 0.2) is 64.0 Å². The van der Waals surface area contributed by atoms with Crippen molar-refractivity contribution in [3.8, 4) is 0 Å². The second-order valence-corrected chi connectivity index (χ2v) is 7.38. The van der Waals surface area contributed by atoms with Crippen LogP contribution in [0.5, 0.6) is 0 Å². The average Bonchev–Trinajstić information content (AvgIpc) is 3.22. The number of nitrogens with zero attached hydrogens (tertiary/aromatic N) is 1. The molecule has 0 amide bonds.